The van der Waals surface area contributed by atoms with E-state index in [-0.39, 0.29) is 17.9 Å². The Morgan fingerprint density at radius 1 is 0.900 bits per heavy atom. The van der Waals surface area contributed by atoms with Crippen molar-refractivity contribution in [2.45, 2.75) is 70.8 Å². The molecule has 1 aliphatic carbocycles. The van der Waals surface area contributed by atoms with E-state index >= 15 is 0 Å². The third-order valence-electron chi connectivity index (χ3n) is 6.41. The molecule has 30 heavy (non-hydrogen) atoms. The molecule has 1 aliphatic heterocycles. The van der Waals surface area contributed by atoms with Gasteiger partial charge in [0.2, 0.25) is 0 Å². The van der Waals surface area contributed by atoms with Gasteiger partial charge in [0.15, 0.2) is 0 Å². The van der Waals surface area contributed by atoms with Crippen molar-refractivity contribution in [3.63, 3.8) is 0 Å². The number of amides is 2. The topological polar surface area (TPSA) is 49.4 Å². The van der Waals surface area contributed by atoms with E-state index in [1.54, 1.807) is 0 Å². The summed E-state index contributed by atoms with van der Waals surface area (Å²) in [6, 6.07) is 13.8. The molecule has 2 aliphatic rings. The molecule has 2 aromatic rings. The summed E-state index contributed by atoms with van der Waals surface area (Å²) in [5.74, 6) is 0.0527. The fraction of sp³-hybridized carbons (Fsp3) is 0.462. The molecule has 1 saturated carbocycles. The highest BCUT2D eigenvalue weighted by Crippen LogP contribution is 2.30. The Labute approximate surface area is 179 Å². The Hall–Kier alpha value is -2.62. The van der Waals surface area contributed by atoms with E-state index in [0.717, 1.165) is 42.5 Å². The zero-order chi connectivity index (χ0) is 20.9. The highest BCUT2D eigenvalue weighted by atomic mass is 16.2. The first-order chi connectivity index (χ1) is 14.6. The number of hydrogen-bond donors (Lipinski definition) is 1. The van der Waals surface area contributed by atoms with Crippen LogP contribution < -0.4 is 10.2 Å². The van der Waals surface area contributed by atoms with E-state index in [1.165, 1.54) is 32.1 Å². The molecule has 158 valence electrons. The van der Waals surface area contributed by atoms with Gasteiger partial charge in [0, 0.05) is 29.4 Å². The van der Waals surface area contributed by atoms with Crippen LogP contribution in [-0.4, -0.2) is 24.4 Å². The molecule has 4 nitrogen and oxygen atoms in total. The SMILES string of the molecule is Cc1cccc(C(=O)N2CCCc3cc(C(=O)NC4CCCCCCC4)ccc32)c1. The van der Waals surface area contributed by atoms with Crippen molar-refractivity contribution in [1.29, 1.82) is 0 Å². The zero-order valence-electron chi connectivity index (χ0n) is 18.0. The number of anilines is 1. The number of fused-ring (bicyclic) bond motifs is 1. The van der Waals surface area contributed by atoms with Crippen molar-refractivity contribution >= 4 is 17.5 Å². The van der Waals surface area contributed by atoms with Crippen LogP contribution >= 0.6 is 0 Å². The van der Waals surface area contributed by atoms with Crippen LogP contribution in [0, 0.1) is 6.92 Å². The van der Waals surface area contributed by atoms with Crippen LogP contribution in [0.3, 0.4) is 0 Å². The molecule has 0 radical (unpaired) electrons. The number of hydrogen-bond acceptors (Lipinski definition) is 2. The summed E-state index contributed by atoms with van der Waals surface area (Å²) in [4.78, 5) is 27.8. The summed E-state index contributed by atoms with van der Waals surface area (Å²) >= 11 is 0. The van der Waals surface area contributed by atoms with Gasteiger partial charge in [0.25, 0.3) is 11.8 Å². The van der Waals surface area contributed by atoms with Crippen LogP contribution in [0.2, 0.25) is 0 Å². The Morgan fingerprint density at radius 2 is 1.67 bits per heavy atom. The Balaban J connectivity index is 1.50. The number of rotatable bonds is 3. The summed E-state index contributed by atoms with van der Waals surface area (Å²) in [7, 11) is 0. The van der Waals surface area contributed by atoms with Crippen LogP contribution in [0.15, 0.2) is 42.5 Å². The van der Waals surface area contributed by atoms with Crippen molar-refractivity contribution < 1.29 is 9.59 Å². The monoisotopic (exact) mass is 404 g/mol. The fourth-order valence-electron chi connectivity index (χ4n) is 4.75. The number of aryl methyl sites for hydroxylation is 2. The van der Waals surface area contributed by atoms with Gasteiger partial charge in [-0.15, -0.1) is 0 Å². The van der Waals surface area contributed by atoms with Gasteiger partial charge in [-0.1, -0.05) is 49.8 Å². The second kappa shape index (κ2) is 9.46. The summed E-state index contributed by atoms with van der Waals surface area (Å²) in [6.07, 6.45) is 10.2. The standard InChI is InChI=1S/C26H32N2O2/c1-19-9-7-10-22(17-19)26(30)28-16-8-11-20-18-21(14-15-24(20)28)25(29)27-23-12-5-3-2-4-6-13-23/h7,9-10,14-15,17-18,23H,2-6,8,11-13,16H2,1H3,(H,27,29). The molecule has 1 N–H and O–H groups in total. The van der Waals surface area contributed by atoms with E-state index in [2.05, 4.69) is 5.32 Å². The number of nitrogens with zero attached hydrogens (tertiary/aromatic N) is 1. The van der Waals surface area contributed by atoms with E-state index in [0.29, 0.717) is 17.7 Å². The van der Waals surface area contributed by atoms with Crippen molar-refractivity contribution in [2.75, 3.05) is 11.4 Å². The lowest BCUT2D eigenvalue weighted by Gasteiger charge is -2.30. The van der Waals surface area contributed by atoms with Crippen LogP contribution in [0.5, 0.6) is 0 Å². The maximum absolute atomic E-state index is 13.1. The molecular weight excluding hydrogens is 372 g/mol. The van der Waals surface area contributed by atoms with Crippen molar-refractivity contribution in [3.8, 4) is 0 Å². The average Bonchev–Trinajstić information content (AvgIpc) is 2.74. The van der Waals surface area contributed by atoms with Gasteiger partial charge in [0.1, 0.15) is 0 Å². The predicted molar refractivity (Wildman–Crippen MR) is 121 cm³/mol. The molecule has 4 heteroatoms. The Bertz CT molecular complexity index is 913. The molecule has 0 aromatic heterocycles. The van der Waals surface area contributed by atoms with Gasteiger partial charge < -0.3 is 10.2 Å². The number of nitrogens with one attached hydrogen (secondary N) is 1. The molecule has 4 rings (SSSR count). The Kier molecular flexibility index (Phi) is 6.51. The molecule has 2 amide bonds. The van der Waals surface area contributed by atoms with Crippen LogP contribution in [0.25, 0.3) is 0 Å². The van der Waals surface area contributed by atoms with Gasteiger partial charge in [0.05, 0.1) is 0 Å². The molecule has 0 atom stereocenters. The molecule has 0 saturated heterocycles. The average molecular weight is 405 g/mol. The van der Waals surface area contributed by atoms with Crippen molar-refractivity contribution in [1.82, 2.24) is 5.32 Å². The van der Waals surface area contributed by atoms with Gasteiger partial charge in [-0.2, -0.15) is 0 Å². The minimum Gasteiger partial charge on any atom is -0.349 e. The van der Waals surface area contributed by atoms with Gasteiger partial charge >= 0.3 is 0 Å². The number of carbonyl (C=O) groups excluding carboxylic acids is 2. The summed E-state index contributed by atoms with van der Waals surface area (Å²) < 4.78 is 0. The third-order valence-corrected chi connectivity index (χ3v) is 6.41. The fourth-order valence-corrected chi connectivity index (χ4v) is 4.75. The molecule has 2 aromatic carbocycles. The van der Waals surface area contributed by atoms with Crippen LogP contribution in [0.4, 0.5) is 5.69 Å². The quantitative estimate of drug-likeness (QED) is 0.741. The highest BCUT2D eigenvalue weighted by molar-refractivity contribution is 6.07. The lowest BCUT2D eigenvalue weighted by atomic mass is 9.95. The van der Waals surface area contributed by atoms with Crippen molar-refractivity contribution in [3.05, 3.63) is 64.7 Å². The normalized spacial score (nSPS) is 17.6. The first-order valence-corrected chi connectivity index (χ1v) is 11.4. The zero-order valence-corrected chi connectivity index (χ0v) is 18.0. The second-order valence-electron chi connectivity index (χ2n) is 8.79. The molecule has 0 unspecified atom stereocenters. The number of carbonyl (C=O) groups is 2. The largest absolute Gasteiger partial charge is 0.349 e. The lowest BCUT2D eigenvalue weighted by molar-refractivity contribution is 0.0929. The first-order valence-electron chi connectivity index (χ1n) is 11.4. The predicted octanol–water partition coefficient (Wildman–Crippen LogP) is 5.43. The summed E-state index contributed by atoms with van der Waals surface area (Å²) in [5, 5.41) is 3.26. The third kappa shape index (κ3) is 4.75. The summed E-state index contributed by atoms with van der Waals surface area (Å²) in [6.45, 7) is 2.72. The maximum Gasteiger partial charge on any atom is 0.258 e. The maximum atomic E-state index is 13.1. The van der Waals surface area contributed by atoms with E-state index in [4.69, 9.17) is 0 Å². The Morgan fingerprint density at radius 3 is 2.43 bits per heavy atom. The minimum absolute atomic E-state index is 0.0190. The molecule has 0 bridgehead atoms. The van der Waals surface area contributed by atoms with Gasteiger partial charge in [-0.25, -0.2) is 0 Å². The molecule has 1 fully saturated rings. The highest BCUT2D eigenvalue weighted by Gasteiger charge is 2.25. The van der Waals surface area contributed by atoms with E-state index < -0.39 is 0 Å². The molecule has 0 spiro atoms. The van der Waals surface area contributed by atoms with Crippen LogP contribution in [0.1, 0.15) is 83.2 Å². The van der Waals surface area contributed by atoms with E-state index in [9.17, 15) is 9.59 Å². The van der Waals surface area contributed by atoms with E-state index in [1.807, 2.05) is 54.3 Å². The second-order valence-corrected chi connectivity index (χ2v) is 8.79. The van der Waals surface area contributed by atoms with Crippen molar-refractivity contribution in [2.24, 2.45) is 0 Å². The van der Waals surface area contributed by atoms with Gasteiger partial charge in [-0.05, 0) is 68.5 Å². The van der Waals surface area contributed by atoms with Gasteiger partial charge in [-0.3, -0.25) is 9.59 Å². The smallest absolute Gasteiger partial charge is 0.258 e. The lowest BCUT2D eigenvalue weighted by Crippen LogP contribution is -2.37. The molecular formula is C26H32N2O2. The van der Waals surface area contributed by atoms with Crippen LogP contribution in [-0.2, 0) is 6.42 Å². The first kappa shape index (κ1) is 20.6. The molecule has 1 heterocycles. The summed E-state index contributed by atoms with van der Waals surface area (Å²) in [5.41, 5.74) is 4.54. The number of benzene rings is 2. The minimum atomic E-state index is 0.0190.